The van der Waals surface area contributed by atoms with Crippen LogP contribution in [0.2, 0.25) is 5.02 Å². The average molecular weight is 256 g/mol. The molecule has 0 amide bonds. The van der Waals surface area contributed by atoms with Crippen molar-refractivity contribution in [2.75, 3.05) is 13.7 Å². The number of aryl methyl sites for hydroxylation is 1. The zero-order chi connectivity index (χ0) is 12.7. The Bertz CT molecular complexity index is 380. The average Bonchev–Trinajstić information content (AvgIpc) is 2.33. The first-order valence-corrected chi connectivity index (χ1v) is 6.04. The monoisotopic (exact) mass is 255 g/mol. The Hall–Kier alpha value is -1.06. The molecule has 17 heavy (non-hydrogen) atoms. The number of nitrogens with one attached hydrogen (secondary N) is 1. The highest BCUT2D eigenvalue weighted by Crippen LogP contribution is 2.16. The van der Waals surface area contributed by atoms with Crippen molar-refractivity contribution in [3.05, 3.63) is 34.3 Å². The predicted octanol–water partition coefficient (Wildman–Crippen LogP) is 2.69. The Kier molecular flexibility index (Phi) is 6.01. The maximum absolute atomic E-state index is 10.9. The molecule has 0 radical (unpaired) electrons. The minimum Gasteiger partial charge on any atom is -0.469 e. The van der Waals surface area contributed by atoms with Crippen LogP contribution in [0.25, 0.3) is 0 Å². The number of hydrogen-bond acceptors (Lipinski definition) is 3. The predicted molar refractivity (Wildman–Crippen MR) is 69.1 cm³/mol. The van der Waals surface area contributed by atoms with Gasteiger partial charge in [0.15, 0.2) is 0 Å². The third-order valence-corrected chi connectivity index (χ3v) is 2.93. The zero-order valence-corrected chi connectivity index (χ0v) is 11.0. The van der Waals surface area contributed by atoms with Gasteiger partial charge in [-0.05, 0) is 37.1 Å². The molecule has 0 saturated carbocycles. The smallest absolute Gasteiger partial charge is 0.305 e. The molecule has 0 aliphatic carbocycles. The highest BCUT2D eigenvalue weighted by Gasteiger charge is 2.00. The van der Waals surface area contributed by atoms with E-state index in [1.807, 2.05) is 19.1 Å². The summed E-state index contributed by atoms with van der Waals surface area (Å²) in [6.07, 6.45) is 1.24. The lowest BCUT2D eigenvalue weighted by molar-refractivity contribution is -0.140. The van der Waals surface area contributed by atoms with E-state index in [1.54, 1.807) is 0 Å². The summed E-state index contributed by atoms with van der Waals surface area (Å²) in [5.74, 6) is -0.162. The van der Waals surface area contributed by atoms with Gasteiger partial charge in [-0.1, -0.05) is 23.7 Å². The maximum Gasteiger partial charge on any atom is 0.305 e. The summed E-state index contributed by atoms with van der Waals surface area (Å²) in [4.78, 5) is 10.9. The highest BCUT2D eigenvalue weighted by atomic mass is 35.5. The molecule has 0 saturated heterocycles. The molecule has 0 fully saturated rings. The van der Waals surface area contributed by atoms with E-state index in [1.165, 1.54) is 7.11 Å². The molecule has 3 nitrogen and oxygen atoms in total. The topological polar surface area (TPSA) is 38.3 Å². The van der Waals surface area contributed by atoms with Crippen LogP contribution < -0.4 is 5.32 Å². The fourth-order valence-corrected chi connectivity index (χ4v) is 1.64. The molecular weight excluding hydrogens is 238 g/mol. The van der Waals surface area contributed by atoms with Crippen LogP contribution in [-0.4, -0.2) is 19.6 Å². The lowest BCUT2D eigenvalue weighted by Crippen LogP contribution is -2.16. The van der Waals surface area contributed by atoms with Gasteiger partial charge >= 0.3 is 5.97 Å². The van der Waals surface area contributed by atoms with E-state index in [0.717, 1.165) is 35.7 Å². The Morgan fingerprint density at radius 2 is 2.24 bits per heavy atom. The molecular formula is C13H18ClNO2. The van der Waals surface area contributed by atoms with Crippen molar-refractivity contribution in [3.8, 4) is 0 Å². The summed E-state index contributed by atoms with van der Waals surface area (Å²) < 4.78 is 4.56. The van der Waals surface area contributed by atoms with E-state index in [4.69, 9.17) is 11.6 Å². The number of benzene rings is 1. The Balaban J connectivity index is 2.22. The number of rotatable bonds is 6. The van der Waals surface area contributed by atoms with Crippen molar-refractivity contribution in [3.63, 3.8) is 0 Å². The second-order valence-electron chi connectivity index (χ2n) is 3.94. The van der Waals surface area contributed by atoms with Gasteiger partial charge in [-0.2, -0.15) is 0 Å². The fourth-order valence-electron chi connectivity index (χ4n) is 1.44. The molecule has 0 unspecified atom stereocenters. The maximum atomic E-state index is 10.9. The summed E-state index contributed by atoms with van der Waals surface area (Å²) in [6.45, 7) is 3.54. The van der Waals surface area contributed by atoms with Crippen LogP contribution >= 0.6 is 11.6 Å². The van der Waals surface area contributed by atoms with Crippen molar-refractivity contribution in [1.29, 1.82) is 0 Å². The Labute approximate surface area is 107 Å². The molecule has 1 N–H and O–H groups in total. The van der Waals surface area contributed by atoms with E-state index in [2.05, 4.69) is 16.1 Å². The van der Waals surface area contributed by atoms with Crippen LogP contribution in [0.4, 0.5) is 0 Å². The van der Waals surface area contributed by atoms with Gasteiger partial charge in [0.1, 0.15) is 0 Å². The van der Waals surface area contributed by atoms with Crippen molar-refractivity contribution < 1.29 is 9.53 Å². The molecule has 0 aliphatic heterocycles. The lowest BCUT2D eigenvalue weighted by Gasteiger charge is -2.06. The van der Waals surface area contributed by atoms with Gasteiger partial charge in [0.25, 0.3) is 0 Å². The first kappa shape index (κ1) is 14.0. The molecule has 0 heterocycles. The van der Waals surface area contributed by atoms with E-state index in [-0.39, 0.29) is 5.97 Å². The van der Waals surface area contributed by atoms with Gasteiger partial charge in [0.2, 0.25) is 0 Å². The number of esters is 1. The standard InChI is InChI=1S/C13H18ClNO2/c1-10-5-6-11(8-12(10)14)9-15-7-3-4-13(16)17-2/h5-6,8,15H,3-4,7,9H2,1-2H3. The summed E-state index contributed by atoms with van der Waals surface area (Å²) in [5, 5.41) is 4.05. The molecule has 0 atom stereocenters. The highest BCUT2D eigenvalue weighted by molar-refractivity contribution is 6.31. The van der Waals surface area contributed by atoms with Gasteiger partial charge in [-0.3, -0.25) is 4.79 Å². The van der Waals surface area contributed by atoms with E-state index in [0.29, 0.717) is 6.42 Å². The van der Waals surface area contributed by atoms with Crippen LogP contribution in [0.15, 0.2) is 18.2 Å². The Morgan fingerprint density at radius 1 is 1.47 bits per heavy atom. The van der Waals surface area contributed by atoms with Gasteiger partial charge in [0, 0.05) is 18.0 Å². The number of methoxy groups -OCH3 is 1. The summed E-state index contributed by atoms with van der Waals surface area (Å²) in [7, 11) is 1.41. The molecule has 1 aromatic rings. The van der Waals surface area contributed by atoms with Crippen LogP contribution in [0.3, 0.4) is 0 Å². The molecule has 0 aliphatic rings. The Morgan fingerprint density at radius 3 is 2.88 bits per heavy atom. The van der Waals surface area contributed by atoms with E-state index < -0.39 is 0 Å². The third kappa shape index (κ3) is 5.20. The van der Waals surface area contributed by atoms with Crippen molar-refractivity contribution in [2.24, 2.45) is 0 Å². The van der Waals surface area contributed by atoms with Crippen LogP contribution in [0, 0.1) is 6.92 Å². The van der Waals surface area contributed by atoms with E-state index in [9.17, 15) is 4.79 Å². The molecule has 0 bridgehead atoms. The summed E-state index contributed by atoms with van der Waals surface area (Å²) in [5.41, 5.74) is 2.24. The minimum atomic E-state index is -0.162. The number of carbonyl (C=O) groups excluding carboxylic acids is 1. The van der Waals surface area contributed by atoms with Gasteiger partial charge in [-0.25, -0.2) is 0 Å². The number of halogens is 1. The largest absolute Gasteiger partial charge is 0.469 e. The molecule has 94 valence electrons. The normalized spacial score (nSPS) is 10.3. The molecule has 0 spiro atoms. The molecule has 4 heteroatoms. The fraction of sp³-hybridized carbons (Fsp3) is 0.462. The van der Waals surface area contributed by atoms with Gasteiger partial charge in [-0.15, -0.1) is 0 Å². The minimum absolute atomic E-state index is 0.162. The van der Waals surface area contributed by atoms with E-state index >= 15 is 0 Å². The second-order valence-corrected chi connectivity index (χ2v) is 4.35. The first-order valence-electron chi connectivity index (χ1n) is 5.66. The van der Waals surface area contributed by atoms with Gasteiger partial charge < -0.3 is 10.1 Å². The van der Waals surface area contributed by atoms with Crippen molar-refractivity contribution >= 4 is 17.6 Å². The van der Waals surface area contributed by atoms with Gasteiger partial charge in [0.05, 0.1) is 7.11 Å². The van der Waals surface area contributed by atoms with Crippen LogP contribution in [0.1, 0.15) is 24.0 Å². The number of hydrogen-bond donors (Lipinski definition) is 1. The zero-order valence-electron chi connectivity index (χ0n) is 10.3. The summed E-state index contributed by atoms with van der Waals surface area (Å²) >= 11 is 6.03. The third-order valence-electron chi connectivity index (χ3n) is 2.53. The SMILES string of the molecule is COC(=O)CCCNCc1ccc(C)c(Cl)c1. The van der Waals surface area contributed by atoms with Crippen molar-refractivity contribution in [1.82, 2.24) is 5.32 Å². The quantitative estimate of drug-likeness (QED) is 0.627. The summed E-state index contributed by atoms with van der Waals surface area (Å²) in [6, 6.07) is 6.02. The van der Waals surface area contributed by atoms with Crippen molar-refractivity contribution in [2.45, 2.75) is 26.3 Å². The molecule has 1 aromatic carbocycles. The lowest BCUT2D eigenvalue weighted by atomic mass is 10.1. The van der Waals surface area contributed by atoms with Crippen LogP contribution in [0.5, 0.6) is 0 Å². The first-order chi connectivity index (χ1) is 8.13. The molecule has 0 aromatic heterocycles. The van der Waals surface area contributed by atoms with Crippen LogP contribution in [-0.2, 0) is 16.1 Å². The second kappa shape index (κ2) is 7.30. The molecule has 1 rings (SSSR count). The number of ether oxygens (including phenoxy) is 1. The number of carbonyl (C=O) groups is 1.